The van der Waals surface area contributed by atoms with E-state index in [0.717, 1.165) is 11.8 Å². The van der Waals surface area contributed by atoms with E-state index in [1.807, 2.05) is 0 Å². The number of rotatable bonds is 17. The van der Waals surface area contributed by atoms with Gasteiger partial charge in [-0.25, -0.2) is 0 Å². The number of thioether (sulfide) groups is 1. The van der Waals surface area contributed by atoms with E-state index >= 15 is 0 Å². The lowest BCUT2D eigenvalue weighted by molar-refractivity contribution is -0.139. The highest BCUT2D eigenvalue weighted by molar-refractivity contribution is 8.00. The predicted molar refractivity (Wildman–Crippen MR) is 126 cm³/mol. The Bertz CT molecular complexity index is 930. The first-order chi connectivity index (χ1) is 16.9. The van der Waals surface area contributed by atoms with E-state index in [0.29, 0.717) is 0 Å². The van der Waals surface area contributed by atoms with Crippen molar-refractivity contribution < 1.29 is 39.0 Å². The fourth-order valence-corrected chi connectivity index (χ4v) is 3.53. The maximum absolute atomic E-state index is 12.4. The van der Waals surface area contributed by atoms with Crippen molar-refractivity contribution in [1.29, 1.82) is 0 Å². The van der Waals surface area contributed by atoms with Crippen LogP contribution in [0.2, 0.25) is 0 Å². The Kier molecular flexibility index (Phi) is 12.3. The quantitative estimate of drug-likeness (QED) is 0.0973. The Labute approximate surface area is 210 Å². The Balaban J connectivity index is 2.66. The Morgan fingerprint density at radius 3 is 2.19 bits per heavy atom. The molecule has 1 aliphatic rings. The van der Waals surface area contributed by atoms with E-state index in [1.54, 1.807) is 6.92 Å². The summed E-state index contributed by atoms with van der Waals surface area (Å²) in [7, 11) is 0. The van der Waals surface area contributed by atoms with Gasteiger partial charge in [-0.05, 0) is 13.3 Å². The summed E-state index contributed by atoms with van der Waals surface area (Å²) >= 11 is 0.944. The third-order valence-electron chi connectivity index (χ3n) is 4.63. The largest absolute Gasteiger partial charge is 0.480 e. The van der Waals surface area contributed by atoms with Gasteiger partial charge in [-0.15, -0.1) is 18.2 Å². The van der Waals surface area contributed by atoms with Crippen molar-refractivity contribution in [3.05, 3.63) is 0 Å². The minimum absolute atomic E-state index is 0.0326. The van der Waals surface area contributed by atoms with Gasteiger partial charge in [0.15, 0.2) is 5.66 Å². The zero-order valence-electron chi connectivity index (χ0n) is 19.5. The normalized spacial score (nSPS) is 15.4. The van der Waals surface area contributed by atoms with Gasteiger partial charge in [0, 0.05) is 18.6 Å². The highest BCUT2D eigenvalue weighted by Gasteiger charge is 2.39. The molecule has 0 bridgehead atoms. The first-order valence-electron chi connectivity index (χ1n) is 10.7. The molecule has 36 heavy (non-hydrogen) atoms. The number of carboxylic acids is 2. The molecule has 0 aromatic rings. The summed E-state index contributed by atoms with van der Waals surface area (Å²) in [5.41, 5.74) is 4.58. The fourth-order valence-electron chi connectivity index (χ4n) is 2.68. The molecule has 0 aliphatic carbocycles. The Morgan fingerprint density at radius 1 is 1.03 bits per heavy atom. The van der Waals surface area contributed by atoms with E-state index in [9.17, 15) is 28.8 Å². The molecule has 4 amide bonds. The monoisotopic (exact) mass is 527 g/mol. The molecule has 1 heterocycles. The summed E-state index contributed by atoms with van der Waals surface area (Å²) in [5.74, 6) is -3.20. The number of hydrogen-bond acceptors (Lipinski definition) is 10. The van der Waals surface area contributed by atoms with Crippen LogP contribution in [0.15, 0.2) is 10.2 Å². The van der Waals surface area contributed by atoms with Crippen molar-refractivity contribution >= 4 is 47.3 Å². The van der Waals surface area contributed by atoms with Crippen LogP contribution < -0.4 is 27.0 Å². The number of nitrogens with two attached hydrogens (primary N) is 1. The lowest BCUT2D eigenvalue weighted by Gasteiger charge is -2.20. The molecule has 0 aromatic heterocycles. The average molecular weight is 528 g/mol. The number of carboxylic acid groups (broad SMARTS) is 2. The highest BCUT2D eigenvalue weighted by atomic mass is 32.2. The van der Waals surface area contributed by atoms with Crippen LogP contribution in [0, 0.1) is 12.3 Å². The summed E-state index contributed by atoms with van der Waals surface area (Å²) in [5, 5.41) is 34.7. The molecule has 0 aromatic carbocycles. The lowest BCUT2D eigenvalue weighted by atomic mass is 10.1. The minimum Gasteiger partial charge on any atom is -0.480 e. The second kappa shape index (κ2) is 14.6. The zero-order valence-corrected chi connectivity index (χ0v) is 20.3. The van der Waals surface area contributed by atoms with E-state index in [2.05, 4.69) is 37.4 Å². The van der Waals surface area contributed by atoms with Crippen molar-refractivity contribution in [2.24, 2.45) is 16.0 Å². The molecule has 16 heteroatoms. The van der Waals surface area contributed by atoms with Gasteiger partial charge in [0.1, 0.15) is 24.7 Å². The number of nitrogens with one attached hydrogen (secondary N) is 4. The highest BCUT2D eigenvalue weighted by Crippen LogP contribution is 2.32. The van der Waals surface area contributed by atoms with Gasteiger partial charge in [-0.2, -0.15) is 10.2 Å². The van der Waals surface area contributed by atoms with Crippen LogP contribution in [0.3, 0.4) is 0 Å². The van der Waals surface area contributed by atoms with E-state index in [4.69, 9.17) is 22.4 Å². The molecule has 3 unspecified atom stereocenters. The molecule has 0 fully saturated rings. The summed E-state index contributed by atoms with van der Waals surface area (Å²) in [6, 6.07) is -3.44. The number of carbonyl (C=O) groups excluding carboxylic acids is 4. The number of aliphatic carboxylic acids is 2. The topological polar surface area (TPSA) is 242 Å². The molecule has 0 spiro atoms. The number of nitrogens with zero attached hydrogens (tertiary/aromatic N) is 2. The SMILES string of the molecule is C#CCNC(=O)C(CC1(C)N=N1)NC(=O)CSCC(NC(=O)CCC(N)C(=O)O)C(=O)NCC(=O)O. The third kappa shape index (κ3) is 12.1. The molecular weight excluding hydrogens is 498 g/mol. The van der Waals surface area contributed by atoms with Crippen LogP contribution in [0.1, 0.15) is 26.2 Å². The van der Waals surface area contributed by atoms with Gasteiger partial charge < -0.3 is 37.2 Å². The molecule has 0 saturated heterocycles. The molecule has 198 valence electrons. The molecule has 1 rings (SSSR count). The summed E-state index contributed by atoms with van der Waals surface area (Å²) in [6.45, 7) is 0.959. The Hall–Kier alpha value is -3.71. The molecular formula is C20H29N7O8S. The van der Waals surface area contributed by atoms with Crippen LogP contribution >= 0.6 is 11.8 Å². The first kappa shape index (κ1) is 30.3. The Morgan fingerprint density at radius 2 is 1.64 bits per heavy atom. The van der Waals surface area contributed by atoms with E-state index < -0.39 is 65.9 Å². The number of terminal acetylenes is 1. The van der Waals surface area contributed by atoms with Crippen molar-refractivity contribution in [3.63, 3.8) is 0 Å². The van der Waals surface area contributed by atoms with Gasteiger partial charge in [0.05, 0.1) is 12.3 Å². The molecule has 1 aliphatic heterocycles. The van der Waals surface area contributed by atoms with Crippen molar-refractivity contribution in [2.75, 3.05) is 24.6 Å². The maximum atomic E-state index is 12.4. The third-order valence-corrected chi connectivity index (χ3v) is 5.67. The first-order valence-corrected chi connectivity index (χ1v) is 11.8. The minimum atomic E-state index is -1.30. The standard InChI is InChI=1S/C20H29N7O8S/c1-3-6-22-17(32)12(7-20(2)26-27-20)24-15(29)10-36-9-13(18(33)23-8-16(30)31)25-14(28)5-4-11(21)19(34)35/h1,11-13H,4-10,21H2,2H3,(H,22,32)(H,23,33)(H,24,29)(H,25,28)(H,30,31)(H,34,35). The second-order valence-electron chi connectivity index (χ2n) is 7.89. The van der Waals surface area contributed by atoms with Crippen LogP contribution in [-0.2, 0) is 28.8 Å². The molecule has 8 N–H and O–H groups in total. The van der Waals surface area contributed by atoms with Gasteiger partial charge in [-0.1, -0.05) is 5.92 Å². The number of carbonyl (C=O) groups is 6. The number of amides is 4. The van der Waals surface area contributed by atoms with Crippen LogP contribution in [0.25, 0.3) is 0 Å². The molecule has 0 radical (unpaired) electrons. The van der Waals surface area contributed by atoms with Crippen LogP contribution in [0.5, 0.6) is 0 Å². The predicted octanol–water partition coefficient (Wildman–Crippen LogP) is -2.60. The van der Waals surface area contributed by atoms with Gasteiger partial charge >= 0.3 is 11.9 Å². The van der Waals surface area contributed by atoms with Gasteiger partial charge in [-0.3, -0.25) is 28.8 Å². The van der Waals surface area contributed by atoms with Crippen molar-refractivity contribution in [3.8, 4) is 12.3 Å². The second-order valence-corrected chi connectivity index (χ2v) is 8.92. The lowest BCUT2D eigenvalue weighted by Crippen LogP contribution is -2.50. The van der Waals surface area contributed by atoms with Crippen LogP contribution in [0.4, 0.5) is 0 Å². The maximum Gasteiger partial charge on any atom is 0.322 e. The van der Waals surface area contributed by atoms with E-state index in [1.165, 1.54) is 0 Å². The van der Waals surface area contributed by atoms with Crippen molar-refractivity contribution in [2.45, 2.75) is 50.0 Å². The molecule has 15 nitrogen and oxygen atoms in total. The number of hydrogen-bond donors (Lipinski definition) is 7. The van der Waals surface area contributed by atoms with Crippen LogP contribution in [-0.4, -0.2) is 94.2 Å². The summed E-state index contributed by atoms with van der Waals surface area (Å²) in [4.78, 5) is 70.7. The summed E-state index contributed by atoms with van der Waals surface area (Å²) < 4.78 is 0. The smallest absolute Gasteiger partial charge is 0.322 e. The van der Waals surface area contributed by atoms with Crippen molar-refractivity contribution in [1.82, 2.24) is 21.3 Å². The fraction of sp³-hybridized carbons (Fsp3) is 0.600. The van der Waals surface area contributed by atoms with E-state index in [-0.39, 0.29) is 37.3 Å². The van der Waals surface area contributed by atoms with Gasteiger partial charge in [0.25, 0.3) is 0 Å². The molecule has 0 saturated carbocycles. The zero-order chi connectivity index (χ0) is 27.3. The van der Waals surface area contributed by atoms with Gasteiger partial charge in [0.2, 0.25) is 23.6 Å². The summed E-state index contributed by atoms with van der Waals surface area (Å²) in [6.07, 6.45) is 4.79. The molecule has 3 atom stereocenters. The average Bonchev–Trinajstić information content (AvgIpc) is 3.54.